The number of hydrogen-bond acceptors (Lipinski definition) is 2. The van der Waals surface area contributed by atoms with Gasteiger partial charge in [-0.25, -0.2) is 10.1 Å². The number of ether oxygens (including phenoxy) is 1. The third-order valence-corrected chi connectivity index (χ3v) is 3.48. The van der Waals surface area contributed by atoms with Crippen molar-refractivity contribution in [2.75, 3.05) is 0 Å². The van der Waals surface area contributed by atoms with Gasteiger partial charge in [-0.2, -0.15) is 0 Å². The Morgan fingerprint density at radius 3 is 2.39 bits per heavy atom. The van der Waals surface area contributed by atoms with Crippen LogP contribution in [0.5, 0.6) is 5.75 Å². The van der Waals surface area contributed by atoms with Gasteiger partial charge in [0.1, 0.15) is 12.4 Å². The second-order valence-electron chi connectivity index (χ2n) is 4.96. The van der Waals surface area contributed by atoms with Crippen molar-refractivity contribution in [2.24, 2.45) is 0 Å². The van der Waals surface area contributed by atoms with E-state index in [0.29, 0.717) is 12.2 Å². The van der Waals surface area contributed by atoms with E-state index in [9.17, 15) is 0 Å². The van der Waals surface area contributed by atoms with E-state index < -0.39 is 0 Å². The molecule has 0 spiro atoms. The summed E-state index contributed by atoms with van der Waals surface area (Å²) in [4.78, 5) is 3.23. The lowest BCUT2D eigenvalue weighted by Crippen LogP contribution is -1.95. The third-order valence-electron chi connectivity index (χ3n) is 3.48. The zero-order valence-electron chi connectivity index (χ0n) is 12.9. The molecule has 0 amide bonds. The Bertz CT molecular complexity index is 785. The van der Waals surface area contributed by atoms with Gasteiger partial charge in [0.2, 0.25) is 0 Å². The first-order valence-corrected chi connectivity index (χ1v) is 7.11. The minimum absolute atomic E-state index is 0.112. The lowest BCUT2D eigenvalue weighted by molar-refractivity contribution is 0.306. The summed E-state index contributed by atoms with van der Waals surface area (Å²) in [5.74, 6) is 0.746. The van der Waals surface area contributed by atoms with Crippen LogP contribution in [0.25, 0.3) is 16.5 Å². The maximum atomic E-state index is 8.91. The van der Waals surface area contributed by atoms with Crippen molar-refractivity contribution in [2.45, 2.75) is 13.5 Å². The average molecular weight is 300 g/mol. The molecule has 0 bridgehead atoms. The summed E-state index contributed by atoms with van der Waals surface area (Å²) in [5, 5.41) is 8.91. The minimum atomic E-state index is 0.112. The second kappa shape index (κ2) is 7.64. The first-order valence-electron chi connectivity index (χ1n) is 7.11. The molecule has 0 aliphatic carbocycles. The second-order valence-corrected chi connectivity index (χ2v) is 4.96. The van der Waals surface area contributed by atoms with Crippen LogP contribution < -0.4 is 4.74 Å². The van der Waals surface area contributed by atoms with Gasteiger partial charge >= 0.3 is 0 Å². The summed E-state index contributed by atoms with van der Waals surface area (Å²) < 4.78 is 5.75. The average Bonchev–Trinajstić information content (AvgIpc) is 2.61. The quantitative estimate of drug-likeness (QED) is 0.570. The summed E-state index contributed by atoms with van der Waals surface area (Å²) in [6.45, 7) is 13.0. The molecule has 2 rings (SSSR count). The Labute approximate surface area is 136 Å². The van der Waals surface area contributed by atoms with Crippen LogP contribution in [0.2, 0.25) is 0 Å². The smallest absolute Gasteiger partial charge is 0.265 e. The molecule has 3 heteroatoms. The SMILES string of the molecule is [C-]#[N+]C(C#N)=C(C)c1ccc(OCc2ccc(C=C)cc2)cc1. The highest BCUT2D eigenvalue weighted by atomic mass is 16.5. The Morgan fingerprint density at radius 1 is 1.22 bits per heavy atom. The van der Waals surface area contributed by atoms with Crippen LogP contribution >= 0.6 is 0 Å². The van der Waals surface area contributed by atoms with E-state index in [1.54, 1.807) is 13.0 Å². The molecule has 0 aliphatic rings. The van der Waals surface area contributed by atoms with Gasteiger partial charge in [-0.1, -0.05) is 49.1 Å². The van der Waals surface area contributed by atoms with Gasteiger partial charge in [-0.05, 0) is 41.3 Å². The lowest BCUT2D eigenvalue weighted by atomic mass is 10.1. The maximum absolute atomic E-state index is 8.91. The molecule has 23 heavy (non-hydrogen) atoms. The van der Waals surface area contributed by atoms with Crippen molar-refractivity contribution in [3.8, 4) is 11.8 Å². The van der Waals surface area contributed by atoms with Crippen molar-refractivity contribution < 1.29 is 4.74 Å². The fraction of sp³-hybridized carbons (Fsp3) is 0.100. The van der Waals surface area contributed by atoms with Gasteiger partial charge in [0.25, 0.3) is 5.70 Å². The Balaban J connectivity index is 2.06. The van der Waals surface area contributed by atoms with Crippen LogP contribution in [-0.4, -0.2) is 0 Å². The van der Waals surface area contributed by atoms with E-state index in [1.807, 2.05) is 54.6 Å². The van der Waals surface area contributed by atoms with Crippen LogP contribution in [0.15, 0.2) is 60.8 Å². The van der Waals surface area contributed by atoms with Crippen molar-refractivity contribution in [3.05, 3.63) is 88.9 Å². The van der Waals surface area contributed by atoms with Crippen molar-refractivity contribution in [1.82, 2.24) is 0 Å². The molecule has 0 heterocycles. The number of nitriles is 1. The van der Waals surface area contributed by atoms with Crippen LogP contribution in [0, 0.1) is 17.9 Å². The molecule has 0 radical (unpaired) electrons. The topological polar surface area (TPSA) is 37.4 Å². The molecule has 0 aliphatic heterocycles. The Kier molecular flexibility index (Phi) is 5.34. The molecule has 0 saturated carbocycles. The third kappa shape index (κ3) is 4.09. The molecule has 112 valence electrons. The van der Waals surface area contributed by atoms with Crippen LogP contribution in [0.4, 0.5) is 0 Å². The van der Waals surface area contributed by atoms with E-state index in [1.165, 1.54) is 0 Å². The lowest BCUT2D eigenvalue weighted by Gasteiger charge is -2.08. The predicted octanol–water partition coefficient (Wildman–Crippen LogP) is 5.08. The standard InChI is InChI=1S/C20H16N2O/c1-4-16-5-7-17(8-6-16)14-23-19-11-9-18(10-12-19)15(2)20(13-21)22-3/h4-12H,1,14H2,2H3. The Hall–Kier alpha value is -3.30. The molecule has 3 nitrogen and oxygen atoms in total. The highest BCUT2D eigenvalue weighted by Gasteiger charge is 2.04. The molecule has 2 aromatic rings. The van der Waals surface area contributed by atoms with Gasteiger partial charge < -0.3 is 4.74 Å². The zero-order valence-corrected chi connectivity index (χ0v) is 12.9. The molecule has 0 atom stereocenters. The maximum Gasteiger partial charge on any atom is 0.265 e. The summed E-state index contributed by atoms with van der Waals surface area (Å²) in [7, 11) is 0. The number of allylic oxidation sites excluding steroid dienone is 2. The highest BCUT2D eigenvalue weighted by molar-refractivity contribution is 5.71. The minimum Gasteiger partial charge on any atom is -0.489 e. The molecule has 0 unspecified atom stereocenters. The van der Waals surface area contributed by atoms with E-state index in [0.717, 1.165) is 22.4 Å². The van der Waals surface area contributed by atoms with Gasteiger partial charge in [0.05, 0.1) is 12.6 Å². The zero-order chi connectivity index (χ0) is 16.7. The van der Waals surface area contributed by atoms with Gasteiger partial charge in [0.15, 0.2) is 0 Å². The summed E-state index contributed by atoms with van der Waals surface area (Å²) in [6.07, 6.45) is 1.80. The Morgan fingerprint density at radius 2 is 1.87 bits per heavy atom. The summed E-state index contributed by atoms with van der Waals surface area (Å²) >= 11 is 0. The highest BCUT2D eigenvalue weighted by Crippen LogP contribution is 2.22. The summed E-state index contributed by atoms with van der Waals surface area (Å²) in [5.41, 5.74) is 3.79. The first-order chi connectivity index (χ1) is 11.2. The normalized spacial score (nSPS) is 10.9. The van der Waals surface area contributed by atoms with Gasteiger partial charge in [0, 0.05) is 0 Å². The van der Waals surface area contributed by atoms with Gasteiger partial charge in [-0.3, -0.25) is 0 Å². The van der Waals surface area contributed by atoms with Gasteiger partial charge in [-0.15, -0.1) is 0 Å². The number of nitrogens with zero attached hydrogens (tertiary/aromatic N) is 2. The van der Waals surface area contributed by atoms with Crippen molar-refractivity contribution in [1.29, 1.82) is 5.26 Å². The van der Waals surface area contributed by atoms with Crippen LogP contribution in [-0.2, 0) is 6.61 Å². The predicted molar refractivity (Wildman–Crippen MR) is 92.1 cm³/mol. The van der Waals surface area contributed by atoms with E-state index in [4.69, 9.17) is 16.6 Å². The number of hydrogen-bond donors (Lipinski definition) is 0. The number of rotatable bonds is 5. The van der Waals surface area contributed by atoms with E-state index in [2.05, 4.69) is 11.4 Å². The largest absolute Gasteiger partial charge is 0.489 e. The number of benzene rings is 2. The molecule has 0 N–H and O–H groups in total. The van der Waals surface area contributed by atoms with Crippen LogP contribution in [0.3, 0.4) is 0 Å². The molecule has 2 aromatic carbocycles. The van der Waals surface area contributed by atoms with E-state index >= 15 is 0 Å². The van der Waals surface area contributed by atoms with Crippen LogP contribution in [0.1, 0.15) is 23.6 Å². The fourth-order valence-corrected chi connectivity index (χ4v) is 2.05. The fourth-order valence-electron chi connectivity index (χ4n) is 2.05. The first kappa shape index (κ1) is 16.1. The molecular formula is C20H16N2O. The van der Waals surface area contributed by atoms with E-state index in [-0.39, 0.29) is 5.70 Å². The molecule has 0 fully saturated rings. The monoisotopic (exact) mass is 300 g/mol. The van der Waals surface area contributed by atoms with Crippen molar-refractivity contribution in [3.63, 3.8) is 0 Å². The molecule has 0 aromatic heterocycles. The van der Waals surface area contributed by atoms with Crippen molar-refractivity contribution >= 4 is 11.6 Å². The molecular weight excluding hydrogens is 284 g/mol. The molecule has 0 saturated heterocycles. The summed E-state index contributed by atoms with van der Waals surface area (Å²) in [6, 6.07) is 17.3.